The molecule has 0 radical (unpaired) electrons. The molecular weight excluding hydrogens is 334 g/mol. The van der Waals surface area contributed by atoms with Gasteiger partial charge in [0.05, 0.1) is 12.7 Å². The SMILES string of the molecule is O=C(C1=C2NCCCN2[C@H](c2ccco2)[C@@H]([N+](=O)[O-])C1)c1ccccc1. The smallest absolute Gasteiger partial charge is 0.244 e. The zero-order valence-electron chi connectivity index (χ0n) is 14.1. The number of carbonyl (C=O) groups is 1. The van der Waals surface area contributed by atoms with E-state index in [2.05, 4.69) is 5.32 Å². The number of carbonyl (C=O) groups excluding carboxylic acids is 1. The van der Waals surface area contributed by atoms with Crippen LogP contribution in [0.4, 0.5) is 0 Å². The number of benzene rings is 1. The van der Waals surface area contributed by atoms with E-state index in [0.717, 1.165) is 13.0 Å². The number of rotatable bonds is 4. The van der Waals surface area contributed by atoms with Gasteiger partial charge < -0.3 is 14.6 Å². The van der Waals surface area contributed by atoms with Crippen molar-refractivity contribution in [1.29, 1.82) is 0 Å². The van der Waals surface area contributed by atoms with Crippen molar-refractivity contribution < 1.29 is 14.1 Å². The fourth-order valence-corrected chi connectivity index (χ4v) is 3.81. The Labute approximate surface area is 150 Å². The first-order chi connectivity index (χ1) is 12.7. The average molecular weight is 353 g/mol. The molecule has 1 aromatic heterocycles. The van der Waals surface area contributed by atoms with Gasteiger partial charge in [-0.1, -0.05) is 30.3 Å². The lowest BCUT2D eigenvalue weighted by Crippen LogP contribution is -2.51. The zero-order chi connectivity index (χ0) is 18.1. The molecule has 2 atom stereocenters. The van der Waals surface area contributed by atoms with Gasteiger partial charge in [0.1, 0.15) is 11.6 Å². The molecule has 26 heavy (non-hydrogen) atoms. The van der Waals surface area contributed by atoms with Crippen LogP contribution in [0.2, 0.25) is 0 Å². The molecule has 7 nitrogen and oxygen atoms in total. The second-order valence-electron chi connectivity index (χ2n) is 6.51. The molecule has 0 amide bonds. The minimum absolute atomic E-state index is 0.0743. The molecule has 1 fully saturated rings. The molecule has 2 aromatic rings. The Balaban J connectivity index is 1.80. The predicted octanol–water partition coefficient (Wildman–Crippen LogP) is 2.76. The van der Waals surface area contributed by atoms with Gasteiger partial charge in [0.2, 0.25) is 6.04 Å². The van der Waals surface area contributed by atoms with E-state index in [-0.39, 0.29) is 17.1 Å². The van der Waals surface area contributed by atoms with Crippen LogP contribution in [0.15, 0.2) is 64.5 Å². The monoisotopic (exact) mass is 353 g/mol. The summed E-state index contributed by atoms with van der Waals surface area (Å²) in [6.45, 7) is 1.38. The quantitative estimate of drug-likeness (QED) is 0.516. The third kappa shape index (κ3) is 2.75. The maximum absolute atomic E-state index is 13.0. The van der Waals surface area contributed by atoms with Crippen molar-refractivity contribution in [1.82, 2.24) is 10.2 Å². The van der Waals surface area contributed by atoms with Crippen LogP contribution < -0.4 is 5.32 Å². The van der Waals surface area contributed by atoms with Gasteiger partial charge in [-0.15, -0.1) is 0 Å². The van der Waals surface area contributed by atoms with E-state index in [0.29, 0.717) is 29.3 Å². The standard InChI is InChI=1S/C19H19N3O4/c23-18(13-6-2-1-3-7-13)14-12-15(22(24)25)17(16-8-4-11-26-16)21-10-5-9-20-19(14)21/h1-4,6-8,11,15,17,20H,5,9-10,12H2/t15-,17-/m0/s1. The van der Waals surface area contributed by atoms with Crippen molar-refractivity contribution in [2.24, 2.45) is 0 Å². The first-order valence-electron chi connectivity index (χ1n) is 8.67. The number of ketones is 1. The Morgan fingerprint density at radius 1 is 1.23 bits per heavy atom. The third-order valence-electron chi connectivity index (χ3n) is 4.97. The Hall–Kier alpha value is -3.09. The van der Waals surface area contributed by atoms with Crippen LogP contribution in [-0.4, -0.2) is 34.7 Å². The van der Waals surface area contributed by atoms with Crippen LogP contribution in [-0.2, 0) is 0 Å². The van der Waals surface area contributed by atoms with E-state index in [4.69, 9.17) is 4.42 Å². The van der Waals surface area contributed by atoms with Gasteiger partial charge in [0.15, 0.2) is 11.8 Å². The summed E-state index contributed by atoms with van der Waals surface area (Å²) in [5, 5.41) is 15.1. The van der Waals surface area contributed by atoms with Gasteiger partial charge in [-0.05, 0) is 18.6 Å². The molecular formula is C19H19N3O4. The topological polar surface area (TPSA) is 88.6 Å². The minimum Gasteiger partial charge on any atom is -0.467 e. The Kier molecular flexibility index (Phi) is 4.20. The Morgan fingerprint density at radius 3 is 2.73 bits per heavy atom. The van der Waals surface area contributed by atoms with E-state index in [1.54, 1.807) is 36.4 Å². The highest BCUT2D eigenvalue weighted by atomic mass is 16.6. The summed E-state index contributed by atoms with van der Waals surface area (Å²) >= 11 is 0. The molecule has 0 bridgehead atoms. The first kappa shape index (κ1) is 16.4. The van der Waals surface area contributed by atoms with E-state index in [9.17, 15) is 14.9 Å². The predicted molar refractivity (Wildman–Crippen MR) is 94.0 cm³/mol. The highest BCUT2D eigenvalue weighted by Gasteiger charge is 2.47. The summed E-state index contributed by atoms with van der Waals surface area (Å²) in [4.78, 5) is 26.5. The number of Topliss-reactive ketones (excluding diaryl/α,β-unsaturated/α-hetero) is 1. The van der Waals surface area contributed by atoms with Crippen molar-refractivity contribution in [2.45, 2.75) is 24.9 Å². The van der Waals surface area contributed by atoms with Crippen molar-refractivity contribution in [3.05, 3.63) is 81.6 Å². The molecule has 1 aromatic carbocycles. The second kappa shape index (κ2) is 6.67. The molecule has 4 rings (SSSR count). The van der Waals surface area contributed by atoms with Gasteiger partial charge in [0, 0.05) is 29.1 Å². The first-order valence-corrected chi connectivity index (χ1v) is 8.67. The highest BCUT2D eigenvalue weighted by molar-refractivity contribution is 6.09. The van der Waals surface area contributed by atoms with Crippen LogP contribution in [0.1, 0.15) is 35.0 Å². The number of fused-ring (bicyclic) bond motifs is 1. The normalized spacial score (nSPS) is 22.5. The largest absolute Gasteiger partial charge is 0.467 e. The van der Waals surface area contributed by atoms with E-state index < -0.39 is 12.1 Å². The molecule has 1 saturated heterocycles. The van der Waals surface area contributed by atoms with Crippen LogP contribution in [0.25, 0.3) is 0 Å². The Bertz CT molecular complexity index is 845. The Morgan fingerprint density at radius 2 is 2.04 bits per heavy atom. The molecule has 0 aliphatic carbocycles. The van der Waals surface area contributed by atoms with E-state index in [1.807, 2.05) is 11.0 Å². The molecule has 3 heterocycles. The number of furan rings is 1. The summed E-state index contributed by atoms with van der Waals surface area (Å²) in [6, 6.07) is 10.9. The van der Waals surface area contributed by atoms with Crippen molar-refractivity contribution in [3.8, 4) is 0 Å². The molecule has 2 aliphatic rings. The van der Waals surface area contributed by atoms with Gasteiger partial charge in [-0.3, -0.25) is 14.9 Å². The molecule has 134 valence electrons. The lowest BCUT2D eigenvalue weighted by Gasteiger charge is -2.43. The number of hydrogen-bond acceptors (Lipinski definition) is 6. The van der Waals surface area contributed by atoms with Gasteiger partial charge in [0.25, 0.3) is 0 Å². The van der Waals surface area contributed by atoms with Crippen LogP contribution in [0.3, 0.4) is 0 Å². The molecule has 0 saturated carbocycles. The fraction of sp³-hybridized carbons (Fsp3) is 0.316. The molecule has 0 unspecified atom stereocenters. The van der Waals surface area contributed by atoms with Gasteiger partial charge >= 0.3 is 0 Å². The van der Waals surface area contributed by atoms with Gasteiger partial charge in [-0.25, -0.2) is 0 Å². The molecule has 0 spiro atoms. The maximum Gasteiger partial charge on any atom is 0.244 e. The number of nitrogens with one attached hydrogen (secondary N) is 1. The summed E-state index contributed by atoms with van der Waals surface area (Å²) in [5.74, 6) is 1.09. The number of nitro groups is 1. The van der Waals surface area contributed by atoms with Crippen LogP contribution in [0.5, 0.6) is 0 Å². The van der Waals surface area contributed by atoms with E-state index in [1.165, 1.54) is 6.26 Å². The summed E-state index contributed by atoms with van der Waals surface area (Å²) in [5.41, 5.74) is 1.02. The van der Waals surface area contributed by atoms with Crippen molar-refractivity contribution >= 4 is 5.78 Å². The molecule has 7 heteroatoms. The number of nitrogens with zero attached hydrogens (tertiary/aromatic N) is 2. The van der Waals surface area contributed by atoms with Crippen LogP contribution >= 0.6 is 0 Å². The maximum atomic E-state index is 13.0. The van der Waals surface area contributed by atoms with Gasteiger partial charge in [-0.2, -0.15) is 0 Å². The van der Waals surface area contributed by atoms with E-state index >= 15 is 0 Å². The highest BCUT2D eigenvalue weighted by Crippen LogP contribution is 2.39. The van der Waals surface area contributed by atoms with Crippen LogP contribution in [0, 0.1) is 10.1 Å². The summed E-state index contributed by atoms with van der Waals surface area (Å²) in [6.07, 6.45) is 2.45. The van der Waals surface area contributed by atoms with Crippen molar-refractivity contribution in [2.75, 3.05) is 13.1 Å². The third-order valence-corrected chi connectivity index (χ3v) is 4.97. The zero-order valence-corrected chi connectivity index (χ0v) is 14.1. The number of hydrogen-bond donors (Lipinski definition) is 1. The average Bonchev–Trinajstić information content (AvgIpc) is 3.21. The molecule has 1 N–H and O–H groups in total. The summed E-state index contributed by atoms with van der Waals surface area (Å²) in [7, 11) is 0. The van der Waals surface area contributed by atoms with Crippen molar-refractivity contribution in [3.63, 3.8) is 0 Å². The lowest BCUT2D eigenvalue weighted by molar-refractivity contribution is -0.532. The molecule has 2 aliphatic heterocycles. The second-order valence-corrected chi connectivity index (χ2v) is 6.51. The fourth-order valence-electron chi connectivity index (χ4n) is 3.81. The minimum atomic E-state index is -0.938. The summed E-state index contributed by atoms with van der Waals surface area (Å²) < 4.78 is 5.50. The lowest BCUT2D eigenvalue weighted by atomic mass is 9.87.